The lowest BCUT2D eigenvalue weighted by Gasteiger charge is -2.24. The van der Waals surface area contributed by atoms with Gasteiger partial charge in [0, 0.05) is 5.54 Å². The summed E-state index contributed by atoms with van der Waals surface area (Å²) in [5, 5.41) is 3.54. The quantitative estimate of drug-likeness (QED) is 0.614. The molecule has 64 valence electrons. The minimum atomic E-state index is 0.368. The van der Waals surface area contributed by atoms with Gasteiger partial charge in [-0.25, -0.2) is 0 Å². The third kappa shape index (κ3) is 2.33. The van der Waals surface area contributed by atoms with Crippen LogP contribution < -0.4 is 5.32 Å². The minimum absolute atomic E-state index is 0.368. The highest BCUT2D eigenvalue weighted by molar-refractivity contribution is 5.03. The molecular weight excluding hydrogens is 134 g/mol. The Labute approximate surface area is 69.9 Å². The first-order valence-corrected chi connectivity index (χ1v) is 4.58. The van der Waals surface area contributed by atoms with Gasteiger partial charge in [-0.2, -0.15) is 0 Å². The van der Waals surface area contributed by atoms with Crippen molar-refractivity contribution in [3.63, 3.8) is 0 Å². The van der Waals surface area contributed by atoms with Crippen LogP contribution in [-0.2, 0) is 0 Å². The highest BCUT2D eigenvalue weighted by Crippen LogP contribution is 2.26. The van der Waals surface area contributed by atoms with E-state index in [-0.39, 0.29) is 0 Å². The van der Waals surface area contributed by atoms with Crippen molar-refractivity contribution in [1.82, 2.24) is 5.32 Å². The second-order valence-corrected chi connectivity index (χ2v) is 3.87. The molecule has 1 unspecified atom stereocenters. The van der Waals surface area contributed by atoms with Crippen molar-refractivity contribution in [2.45, 2.75) is 45.1 Å². The molecule has 1 saturated heterocycles. The summed E-state index contributed by atoms with van der Waals surface area (Å²) in [6.07, 6.45) is 4.92. The van der Waals surface area contributed by atoms with Crippen molar-refractivity contribution in [1.29, 1.82) is 0 Å². The number of hydrogen-bond acceptors (Lipinski definition) is 1. The van der Waals surface area contributed by atoms with Gasteiger partial charge >= 0.3 is 0 Å². The van der Waals surface area contributed by atoms with E-state index >= 15 is 0 Å². The van der Waals surface area contributed by atoms with Crippen molar-refractivity contribution in [3.8, 4) is 0 Å². The van der Waals surface area contributed by atoms with Crippen LogP contribution >= 0.6 is 0 Å². The molecule has 0 aliphatic carbocycles. The molecule has 1 nitrogen and oxygen atoms in total. The lowest BCUT2D eigenvalue weighted by atomic mass is 9.91. The highest BCUT2D eigenvalue weighted by Gasteiger charge is 2.27. The molecule has 1 heteroatoms. The molecule has 0 radical (unpaired) electrons. The zero-order valence-corrected chi connectivity index (χ0v) is 7.74. The fraction of sp³-hybridized carbons (Fsp3) is 0.800. The zero-order valence-electron chi connectivity index (χ0n) is 7.74. The van der Waals surface area contributed by atoms with Gasteiger partial charge in [-0.15, -0.1) is 0 Å². The topological polar surface area (TPSA) is 12.0 Å². The Bertz CT molecular complexity index is 143. The van der Waals surface area contributed by atoms with Crippen molar-refractivity contribution in [2.24, 2.45) is 0 Å². The molecule has 1 rings (SSSR count). The SMILES string of the molecule is C=C(CC)CC1(C)CCCN1. The van der Waals surface area contributed by atoms with Gasteiger partial charge in [0.2, 0.25) is 0 Å². The summed E-state index contributed by atoms with van der Waals surface area (Å²) in [5.41, 5.74) is 1.74. The van der Waals surface area contributed by atoms with E-state index < -0.39 is 0 Å². The first kappa shape index (κ1) is 8.79. The average molecular weight is 153 g/mol. The van der Waals surface area contributed by atoms with Crippen LogP contribution in [0.4, 0.5) is 0 Å². The first-order chi connectivity index (χ1) is 5.16. The lowest BCUT2D eigenvalue weighted by molar-refractivity contribution is 0.408. The molecule has 0 saturated carbocycles. The van der Waals surface area contributed by atoms with E-state index in [4.69, 9.17) is 0 Å². The zero-order chi connectivity index (χ0) is 8.32. The summed E-state index contributed by atoms with van der Waals surface area (Å²) in [6.45, 7) is 9.72. The van der Waals surface area contributed by atoms with Gasteiger partial charge in [-0.05, 0) is 39.2 Å². The van der Waals surface area contributed by atoms with Crippen LogP contribution in [0.5, 0.6) is 0 Å². The van der Waals surface area contributed by atoms with Crippen LogP contribution in [0.15, 0.2) is 12.2 Å². The van der Waals surface area contributed by atoms with E-state index in [0.717, 1.165) is 12.8 Å². The van der Waals surface area contributed by atoms with E-state index in [1.807, 2.05) is 0 Å². The molecule has 0 aromatic rings. The highest BCUT2D eigenvalue weighted by atomic mass is 15.0. The predicted molar refractivity (Wildman–Crippen MR) is 49.7 cm³/mol. The maximum atomic E-state index is 4.04. The maximum Gasteiger partial charge on any atom is 0.0190 e. The van der Waals surface area contributed by atoms with E-state index in [9.17, 15) is 0 Å². The van der Waals surface area contributed by atoms with Gasteiger partial charge in [0.1, 0.15) is 0 Å². The summed E-state index contributed by atoms with van der Waals surface area (Å²) < 4.78 is 0. The number of hydrogen-bond donors (Lipinski definition) is 1. The second kappa shape index (κ2) is 3.40. The van der Waals surface area contributed by atoms with Crippen LogP contribution in [0.25, 0.3) is 0 Å². The van der Waals surface area contributed by atoms with E-state index in [2.05, 4.69) is 25.7 Å². The molecule has 0 bridgehead atoms. The Kier molecular flexibility index (Phi) is 2.72. The molecule has 11 heavy (non-hydrogen) atoms. The lowest BCUT2D eigenvalue weighted by Crippen LogP contribution is -2.36. The average Bonchev–Trinajstić information content (AvgIpc) is 2.36. The van der Waals surface area contributed by atoms with Gasteiger partial charge in [0.25, 0.3) is 0 Å². The van der Waals surface area contributed by atoms with Crippen LogP contribution in [0.3, 0.4) is 0 Å². The summed E-state index contributed by atoms with van der Waals surface area (Å²) in [6, 6.07) is 0. The largest absolute Gasteiger partial charge is 0.311 e. The van der Waals surface area contributed by atoms with Gasteiger partial charge in [-0.3, -0.25) is 0 Å². The smallest absolute Gasteiger partial charge is 0.0190 e. The third-order valence-corrected chi connectivity index (χ3v) is 2.60. The maximum absolute atomic E-state index is 4.04. The van der Waals surface area contributed by atoms with Crippen LogP contribution in [0, 0.1) is 0 Å². The normalized spacial score (nSPS) is 30.7. The van der Waals surface area contributed by atoms with Crippen LogP contribution in [-0.4, -0.2) is 12.1 Å². The molecule has 1 aliphatic heterocycles. The Morgan fingerprint density at radius 3 is 2.82 bits per heavy atom. The standard InChI is InChI=1S/C10H19N/c1-4-9(2)8-10(3)6-5-7-11-10/h11H,2,4-8H2,1,3H3. The number of nitrogens with one attached hydrogen (secondary N) is 1. The summed E-state index contributed by atoms with van der Waals surface area (Å²) in [4.78, 5) is 0. The Balaban J connectivity index is 2.39. The van der Waals surface area contributed by atoms with Crippen LogP contribution in [0.1, 0.15) is 39.5 Å². The summed E-state index contributed by atoms with van der Waals surface area (Å²) in [7, 11) is 0. The van der Waals surface area contributed by atoms with Crippen molar-refractivity contribution >= 4 is 0 Å². The Hall–Kier alpha value is -0.300. The monoisotopic (exact) mass is 153 g/mol. The van der Waals surface area contributed by atoms with Crippen molar-refractivity contribution in [2.75, 3.05) is 6.54 Å². The van der Waals surface area contributed by atoms with Gasteiger partial charge in [0.15, 0.2) is 0 Å². The minimum Gasteiger partial charge on any atom is -0.311 e. The molecule has 0 aromatic heterocycles. The van der Waals surface area contributed by atoms with E-state index in [0.29, 0.717) is 5.54 Å². The van der Waals surface area contributed by atoms with Gasteiger partial charge < -0.3 is 5.32 Å². The predicted octanol–water partition coefficient (Wildman–Crippen LogP) is 2.48. The first-order valence-electron chi connectivity index (χ1n) is 4.58. The molecular formula is C10H19N. The number of rotatable bonds is 3. The Morgan fingerprint density at radius 2 is 2.36 bits per heavy atom. The van der Waals surface area contributed by atoms with E-state index in [1.54, 1.807) is 0 Å². The molecule has 0 spiro atoms. The molecule has 1 fully saturated rings. The van der Waals surface area contributed by atoms with Crippen LogP contribution in [0.2, 0.25) is 0 Å². The fourth-order valence-electron chi connectivity index (χ4n) is 1.78. The summed E-state index contributed by atoms with van der Waals surface area (Å²) >= 11 is 0. The molecule has 1 heterocycles. The summed E-state index contributed by atoms with van der Waals surface area (Å²) in [5.74, 6) is 0. The van der Waals surface area contributed by atoms with Gasteiger partial charge in [-0.1, -0.05) is 19.1 Å². The molecule has 1 aliphatic rings. The van der Waals surface area contributed by atoms with Gasteiger partial charge in [0.05, 0.1) is 0 Å². The Morgan fingerprint density at radius 1 is 1.64 bits per heavy atom. The van der Waals surface area contributed by atoms with E-state index in [1.165, 1.54) is 25.0 Å². The molecule has 1 N–H and O–H groups in total. The second-order valence-electron chi connectivity index (χ2n) is 3.87. The van der Waals surface area contributed by atoms with Crippen molar-refractivity contribution < 1.29 is 0 Å². The molecule has 1 atom stereocenters. The third-order valence-electron chi connectivity index (χ3n) is 2.60. The van der Waals surface area contributed by atoms with Crippen molar-refractivity contribution in [3.05, 3.63) is 12.2 Å². The molecule has 0 aromatic carbocycles. The molecule has 0 amide bonds. The fourth-order valence-corrected chi connectivity index (χ4v) is 1.78.